The number of nitrogens with two attached hydrogens (primary N) is 1. The normalized spacial score (nSPS) is 24.7. The van der Waals surface area contributed by atoms with Gasteiger partial charge < -0.3 is 25.3 Å². The Morgan fingerprint density at radius 1 is 1.17 bits per heavy atom. The third-order valence-electron chi connectivity index (χ3n) is 5.30. The van der Waals surface area contributed by atoms with E-state index in [0.29, 0.717) is 16.9 Å². The molecule has 0 amide bonds. The van der Waals surface area contributed by atoms with E-state index in [1.807, 2.05) is 19.2 Å². The van der Waals surface area contributed by atoms with Crippen LogP contribution in [-0.4, -0.2) is 58.4 Å². The van der Waals surface area contributed by atoms with Crippen molar-refractivity contribution in [1.29, 1.82) is 0 Å². The van der Waals surface area contributed by atoms with Gasteiger partial charge in [0.1, 0.15) is 24.1 Å². The third-order valence-corrected chi connectivity index (χ3v) is 6.48. The summed E-state index contributed by atoms with van der Waals surface area (Å²) in [6.45, 7) is 0. The fraction of sp³-hybridized carbons (Fsp3) is 0.316. The number of imidazole rings is 1. The molecule has 0 aliphatic carbocycles. The van der Waals surface area contributed by atoms with Crippen LogP contribution in [0.1, 0.15) is 6.23 Å². The molecule has 3 aromatic heterocycles. The molecule has 1 saturated heterocycles. The Morgan fingerprint density at radius 2 is 2.00 bits per heavy atom. The summed E-state index contributed by atoms with van der Waals surface area (Å²) in [6, 6.07) is 10.3. The van der Waals surface area contributed by atoms with Gasteiger partial charge in [-0.15, -0.1) is 11.8 Å². The molecule has 0 bridgehead atoms. The van der Waals surface area contributed by atoms with E-state index in [9.17, 15) is 10.2 Å². The molecule has 0 spiro atoms. The maximum Gasteiger partial charge on any atom is 0.167 e. The van der Waals surface area contributed by atoms with Crippen LogP contribution in [0.3, 0.4) is 0 Å². The molecular weight excluding hydrogens is 392 g/mol. The Kier molecular flexibility index (Phi) is 4.43. The van der Waals surface area contributed by atoms with Crippen molar-refractivity contribution in [2.45, 2.75) is 29.6 Å². The molecule has 1 aliphatic heterocycles. The van der Waals surface area contributed by atoms with Crippen LogP contribution in [0.25, 0.3) is 22.1 Å². The van der Waals surface area contributed by atoms with Crippen molar-refractivity contribution < 1.29 is 14.9 Å². The minimum atomic E-state index is -1.11. The zero-order valence-corrected chi connectivity index (χ0v) is 16.4. The molecule has 10 heteroatoms. The molecule has 4 atom stereocenters. The van der Waals surface area contributed by atoms with E-state index in [-0.39, 0.29) is 5.82 Å². The van der Waals surface area contributed by atoms with Crippen LogP contribution < -0.4 is 5.73 Å². The molecule has 4 heterocycles. The zero-order chi connectivity index (χ0) is 20.1. The van der Waals surface area contributed by atoms with E-state index >= 15 is 0 Å². The Morgan fingerprint density at radius 3 is 2.83 bits per heavy atom. The van der Waals surface area contributed by atoms with Crippen molar-refractivity contribution in [3.63, 3.8) is 0 Å². The van der Waals surface area contributed by atoms with Crippen molar-refractivity contribution in [3.05, 3.63) is 43.0 Å². The Balaban J connectivity index is 1.36. The first-order chi connectivity index (χ1) is 14.0. The van der Waals surface area contributed by atoms with Gasteiger partial charge in [-0.2, -0.15) is 0 Å². The molecule has 1 aromatic carbocycles. The van der Waals surface area contributed by atoms with Crippen LogP contribution in [0.4, 0.5) is 5.82 Å². The molecule has 0 saturated carbocycles. The Labute approximate surface area is 170 Å². The summed E-state index contributed by atoms with van der Waals surface area (Å²) in [7, 11) is 2.01. The lowest BCUT2D eigenvalue weighted by atomic mass is 10.1. The number of rotatable bonds is 4. The Bertz CT molecular complexity index is 1190. The smallest absolute Gasteiger partial charge is 0.167 e. The number of nitrogen functional groups attached to an aromatic ring is 1. The minimum Gasteiger partial charge on any atom is -0.387 e. The highest BCUT2D eigenvalue weighted by molar-refractivity contribution is 7.99. The van der Waals surface area contributed by atoms with Crippen molar-refractivity contribution >= 4 is 39.6 Å². The van der Waals surface area contributed by atoms with Gasteiger partial charge in [-0.1, -0.05) is 18.2 Å². The summed E-state index contributed by atoms with van der Waals surface area (Å²) in [5.41, 5.74) is 7.86. The molecule has 0 radical (unpaired) electrons. The maximum absolute atomic E-state index is 10.6. The minimum absolute atomic E-state index is 0.254. The molecule has 0 unspecified atom stereocenters. The number of thioether (sulfide) groups is 1. The van der Waals surface area contributed by atoms with Gasteiger partial charge in [0.25, 0.3) is 0 Å². The lowest BCUT2D eigenvalue weighted by Crippen LogP contribution is -2.32. The first kappa shape index (κ1) is 18.4. The van der Waals surface area contributed by atoms with Gasteiger partial charge in [0.2, 0.25) is 0 Å². The van der Waals surface area contributed by atoms with Gasteiger partial charge in [0.15, 0.2) is 17.7 Å². The fourth-order valence-corrected chi connectivity index (χ4v) is 4.84. The molecule has 4 aromatic rings. The second-order valence-corrected chi connectivity index (χ2v) is 8.08. The molecular formula is C19H20N6O3S. The molecule has 150 valence electrons. The molecule has 4 N–H and O–H groups in total. The van der Waals surface area contributed by atoms with Crippen LogP contribution in [0.2, 0.25) is 0 Å². The summed E-state index contributed by atoms with van der Waals surface area (Å²) >= 11 is 1.58. The van der Waals surface area contributed by atoms with Crippen molar-refractivity contribution in [3.8, 4) is 0 Å². The average molecular weight is 412 g/mol. The number of aryl methyl sites for hydroxylation is 1. The summed E-state index contributed by atoms with van der Waals surface area (Å²) in [6.07, 6.45) is -0.658. The van der Waals surface area contributed by atoms with E-state index in [1.165, 1.54) is 12.7 Å². The zero-order valence-electron chi connectivity index (χ0n) is 15.6. The van der Waals surface area contributed by atoms with Gasteiger partial charge in [-0.05, 0) is 12.1 Å². The molecule has 29 heavy (non-hydrogen) atoms. The highest BCUT2D eigenvalue weighted by Crippen LogP contribution is 2.35. The number of para-hydroxylation sites is 1. The van der Waals surface area contributed by atoms with Crippen LogP contribution in [-0.2, 0) is 11.8 Å². The molecule has 1 fully saturated rings. The topological polar surface area (TPSA) is 124 Å². The standard InChI is InChI=1S/C19H20N6O3S/c1-24-11-5-3-2-4-10(11)6-13(24)29-7-12-15(26)16(27)19(28-12)25-9-23-14-17(20)21-8-22-18(14)25/h2-6,8-9,12,15-16,19,26-27H,7H2,1H3,(H2,20,21,22)/t12-,15-,16-,19-/m1/s1. The number of anilines is 1. The third kappa shape index (κ3) is 2.96. The molecule has 1 aliphatic rings. The average Bonchev–Trinajstić information content (AvgIpc) is 3.37. The molecule has 5 rings (SSSR count). The summed E-state index contributed by atoms with van der Waals surface area (Å²) in [4.78, 5) is 12.3. The quantitative estimate of drug-likeness (QED) is 0.429. The number of benzene rings is 1. The van der Waals surface area contributed by atoms with E-state index in [2.05, 4.69) is 37.7 Å². The highest BCUT2D eigenvalue weighted by atomic mass is 32.2. The highest BCUT2D eigenvalue weighted by Gasteiger charge is 2.44. The van der Waals surface area contributed by atoms with E-state index in [0.717, 1.165) is 15.9 Å². The van der Waals surface area contributed by atoms with Gasteiger partial charge >= 0.3 is 0 Å². The van der Waals surface area contributed by atoms with Gasteiger partial charge in [0, 0.05) is 23.7 Å². The first-order valence-electron chi connectivity index (χ1n) is 9.16. The number of aromatic nitrogens is 5. The summed E-state index contributed by atoms with van der Waals surface area (Å²) < 4.78 is 9.70. The number of hydrogen-bond donors (Lipinski definition) is 3. The second-order valence-electron chi connectivity index (χ2n) is 7.04. The predicted octanol–water partition coefficient (Wildman–Crippen LogP) is 1.31. The van der Waals surface area contributed by atoms with Crippen LogP contribution >= 0.6 is 11.8 Å². The van der Waals surface area contributed by atoms with Gasteiger partial charge in [-0.3, -0.25) is 4.57 Å². The lowest BCUT2D eigenvalue weighted by Gasteiger charge is -2.16. The molecule has 9 nitrogen and oxygen atoms in total. The van der Waals surface area contributed by atoms with Gasteiger partial charge in [-0.25, -0.2) is 15.0 Å². The largest absolute Gasteiger partial charge is 0.387 e. The van der Waals surface area contributed by atoms with Crippen LogP contribution in [0, 0.1) is 0 Å². The maximum atomic E-state index is 10.6. The van der Waals surface area contributed by atoms with Crippen LogP contribution in [0.15, 0.2) is 48.0 Å². The van der Waals surface area contributed by atoms with E-state index < -0.39 is 24.5 Å². The lowest BCUT2D eigenvalue weighted by molar-refractivity contribution is -0.0289. The number of ether oxygens (including phenoxy) is 1. The monoisotopic (exact) mass is 412 g/mol. The number of nitrogens with zero attached hydrogens (tertiary/aromatic N) is 5. The van der Waals surface area contributed by atoms with E-state index in [1.54, 1.807) is 16.3 Å². The van der Waals surface area contributed by atoms with Crippen molar-refractivity contribution in [2.75, 3.05) is 11.5 Å². The Hall–Kier alpha value is -2.66. The van der Waals surface area contributed by atoms with Gasteiger partial charge in [0.05, 0.1) is 17.5 Å². The number of aliphatic hydroxyl groups excluding tert-OH is 2. The van der Waals surface area contributed by atoms with E-state index in [4.69, 9.17) is 10.5 Å². The second kappa shape index (κ2) is 6.99. The predicted molar refractivity (Wildman–Crippen MR) is 109 cm³/mol. The number of hydrogen-bond acceptors (Lipinski definition) is 8. The summed E-state index contributed by atoms with van der Waals surface area (Å²) in [5, 5.41) is 23.4. The number of aliphatic hydroxyl groups is 2. The fourth-order valence-electron chi connectivity index (χ4n) is 3.72. The summed E-state index contributed by atoms with van der Waals surface area (Å²) in [5.74, 6) is 0.743. The van der Waals surface area contributed by atoms with Crippen LogP contribution in [0.5, 0.6) is 0 Å². The SMILES string of the molecule is Cn1c(SC[C@H]2O[C@@H](n3cnc4c(N)ncnc43)[C@H](O)[C@@H]2O)cc2ccccc21. The van der Waals surface area contributed by atoms with Crippen molar-refractivity contribution in [2.24, 2.45) is 7.05 Å². The van der Waals surface area contributed by atoms with Crippen molar-refractivity contribution in [1.82, 2.24) is 24.1 Å². The number of fused-ring (bicyclic) bond motifs is 2. The first-order valence-corrected chi connectivity index (χ1v) is 10.1.